The summed E-state index contributed by atoms with van der Waals surface area (Å²) in [5.74, 6) is 0. The summed E-state index contributed by atoms with van der Waals surface area (Å²) in [6.07, 6.45) is 1.03. The lowest BCUT2D eigenvalue weighted by Crippen LogP contribution is -2.09. The van der Waals surface area contributed by atoms with E-state index in [2.05, 4.69) is 24.0 Å². The van der Waals surface area contributed by atoms with Crippen molar-refractivity contribution >= 4 is 23.8 Å². The van der Waals surface area contributed by atoms with E-state index < -0.39 is 0 Å². The van der Waals surface area contributed by atoms with Gasteiger partial charge >= 0.3 is 0 Å². The van der Waals surface area contributed by atoms with Gasteiger partial charge in [-0.25, -0.2) is 0 Å². The second-order valence-electron chi connectivity index (χ2n) is 4.87. The molecule has 0 aliphatic carbocycles. The minimum atomic E-state index is 0. The average Bonchev–Trinajstić information content (AvgIpc) is 2.46. The van der Waals surface area contributed by atoms with Crippen LogP contribution >= 0.6 is 12.4 Å². The van der Waals surface area contributed by atoms with E-state index in [1.54, 1.807) is 0 Å². The molecule has 1 N–H and O–H groups in total. The van der Waals surface area contributed by atoms with E-state index in [9.17, 15) is 0 Å². The molecular formula is C17H21ClN2. The number of hydrogen-bond acceptors (Lipinski definition) is 2. The van der Waals surface area contributed by atoms with Crippen molar-refractivity contribution in [3.05, 3.63) is 65.2 Å². The lowest BCUT2D eigenvalue weighted by atomic mass is 10.0. The largest absolute Gasteiger partial charge is 0.378 e. The van der Waals surface area contributed by atoms with Crippen LogP contribution in [0.1, 0.15) is 23.6 Å². The highest BCUT2D eigenvalue weighted by Gasteiger charge is 2.05. The lowest BCUT2D eigenvalue weighted by Gasteiger charge is -2.13. The zero-order valence-corrected chi connectivity index (χ0v) is 13.0. The van der Waals surface area contributed by atoms with E-state index in [1.807, 2.05) is 50.5 Å². The van der Waals surface area contributed by atoms with Crippen molar-refractivity contribution < 1.29 is 0 Å². The third kappa shape index (κ3) is 3.61. The number of nitrogens with zero attached hydrogens (tertiary/aromatic N) is 1. The minimum Gasteiger partial charge on any atom is -0.378 e. The van der Waals surface area contributed by atoms with Gasteiger partial charge in [-0.15, -0.1) is 12.4 Å². The molecule has 0 spiro atoms. The molecule has 106 valence electrons. The Bertz CT molecular complexity index is 557. The highest BCUT2D eigenvalue weighted by Crippen LogP contribution is 2.16. The Morgan fingerprint density at radius 2 is 1.35 bits per heavy atom. The molecule has 0 radical (unpaired) electrons. The Labute approximate surface area is 127 Å². The molecule has 0 saturated carbocycles. The van der Waals surface area contributed by atoms with Gasteiger partial charge in [0.1, 0.15) is 0 Å². The first-order valence-electron chi connectivity index (χ1n) is 6.57. The van der Waals surface area contributed by atoms with Crippen molar-refractivity contribution in [1.82, 2.24) is 0 Å². The fourth-order valence-electron chi connectivity index (χ4n) is 2.00. The van der Waals surface area contributed by atoms with Crippen molar-refractivity contribution in [3.8, 4) is 0 Å². The van der Waals surface area contributed by atoms with E-state index in [4.69, 9.17) is 5.41 Å². The Balaban J connectivity index is 0.00000200. The van der Waals surface area contributed by atoms with Crippen LogP contribution in [0.3, 0.4) is 0 Å². The van der Waals surface area contributed by atoms with Gasteiger partial charge in [0, 0.05) is 30.9 Å². The number of halogens is 1. The predicted molar refractivity (Wildman–Crippen MR) is 89.8 cm³/mol. The molecule has 0 saturated heterocycles. The monoisotopic (exact) mass is 288 g/mol. The zero-order chi connectivity index (χ0) is 13.8. The first-order chi connectivity index (χ1) is 9.11. The summed E-state index contributed by atoms with van der Waals surface area (Å²) in [6.45, 7) is 2.14. The third-order valence-electron chi connectivity index (χ3n) is 3.32. The highest BCUT2D eigenvalue weighted by atomic mass is 35.5. The number of anilines is 1. The van der Waals surface area contributed by atoms with Crippen LogP contribution < -0.4 is 4.90 Å². The summed E-state index contributed by atoms with van der Waals surface area (Å²) in [7, 11) is 4.04. The molecule has 2 aromatic rings. The quantitative estimate of drug-likeness (QED) is 0.841. The number of aryl methyl sites for hydroxylation is 1. The van der Waals surface area contributed by atoms with Gasteiger partial charge in [0.25, 0.3) is 0 Å². The van der Waals surface area contributed by atoms with Crippen LogP contribution in [0.15, 0.2) is 48.5 Å². The van der Waals surface area contributed by atoms with E-state index in [1.165, 1.54) is 5.56 Å². The van der Waals surface area contributed by atoms with Crippen LogP contribution in [0.4, 0.5) is 5.69 Å². The molecule has 20 heavy (non-hydrogen) atoms. The standard InChI is InChI=1S/C17H20N2.ClH/c1-4-13-5-7-14(8-6-13)17(18)15-9-11-16(12-10-15)19(2)3;/h5-12,18H,4H2,1-3H3;1H. The maximum Gasteiger partial charge on any atom is 0.0684 e. The fourth-order valence-corrected chi connectivity index (χ4v) is 2.00. The molecule has 0 aromatic heterocycles. The molecular weight excluding hydrogens is 268 g/mol. The summed E-state index contributed by atoms with van der Waals surface area (Å²) in [5.41, 5.74) is 4.95. The second kappa shape index (κ2) is 7.11. The first kappa shape index (κ1) is 16.3. The van der Waals surface area contributed by atoms with Crippen molar-refractivity contribution in [2.45, 2.75) is 13.3 Å². The Kier molecular flexibility index (Phi) is 5.78. The Morgan fingerprint density at radius 3 is 1.75 bits per heavy atom. The van der Waals surface area contributed by atoms with Crippen molar-refractivity contribution in [3.63, 3.8) is 0 Å². The molecule has 0 bridgehead atoms. The molecule has 2 nitrogen and oxygen atoms in total. The van der Waals surface area contributed by atoms with Crippen molar-refractivity contribution in [2.24, 2.45) is 0 Å². The van der Waals surface area contributed by atoms with Crippen LogP contribution in [0, 0.1) is 5.41 Å². The SMILES string of the molecule is CCc1ccc(C(=N)c2ccc(N(C)C)cc2)cc1.Cl. The van der Waals surface area contributed by atoms with E-state index >= 15 is 0 Å². The number of rotatable bonds is 4. The molecule has 0 aliphatic rings. The van der Waals surface area contributed by atoms with Gasteiger partial charge in [-0.3, -0.25) is 5.41 Å². The molecule has 0 atom stereocenters. The molecule has 2 aromatic carbocycles. The van der Waals surface area contributed by atoms with Gasteiger partial charge in [0.05, 0.1) is 5.71 Å². The maximum atomic E-state index is 8.26. The maximum absolute atomic E-state index is 8.26. The molecule has 0 unspecified atom stereocenters. The molecule has 0 fully saturated rings. The first-order valence-corrected chi connectivity index (χ1v) is 6.57. The van der Waals surface area contributed by atoms with Crippen molar-refractivity contribution in [2.75, 3.05) is 19.0 Å². The van der Waals surface area contributed by atoms with Gasteiger partial charge in [-0.05, 0) is 24.1 Å². The topological polar surface area (TPSA) is 27.1 Å². The summed E-state index contributed by atoms with van der Waals surface area (Å²) < 4.78 is 0. The Morgan fingerprint density at radius 1 is 0.900 bits per heavy atom. The van der Waals surface area contributed by atoms with Gasteiger partial charge in [0.2, 0.25) is 0 Å². The van der Waals surface area contributed by atoms with Gasteiger partial charge < -0.3 is 4.90 Å². The molecule has 2 rings (SSSR count). The summed E-state index contributed by atoms with van der Waals surface area (Å²) in [5, 5.41) is 8.26. The lowest BCUT2D eigenvalue weighted by molar-refractivity contribution is 1.13. The number of benzene rings is 2. The van der Waals surface area contributed by atoms with E-state index in [0.29, 0.717) is 5.71 Å². The molecule has 0 amide bonds. The molecule has 0 aliphatic heterocycles. The fraction of sp³-hybridized carbons (Fsp3) is 0.235. The van der Waals surface area contributed by atoms with E-state index in [0.717, 1.165) is 23.2 Å². The van der Waals surface area contributed by atoms with Crippen LogP contribution in [0.2, 0.25) is 0 Å². The predicted octanol–water partition coefficient (Wildman–Crippen LogP) is 4.15. The van der Waals surface area contributed by atoms with E-state index in [-0.39, 0.29) is 12.4 Å². The zero-order valence-electron chi connectivity index (χ0n) is 12.2. The van der Waals surface area contributed by atoms with Crippen LogP contribution in [0.5, 0.6) is 0 Å². The summed E-state index contributed by atoms with van der Waals surface area (Å²) in [6, 6.07) is 16.4. The minimum absolute atomic E-state index is 0. The third-order valence-corrected chi connectivity index (χ3v) is 3.32. The van der Waals surface area contributed by atoms with Crippen LogP contribution in [-0.2, 0) is 6.42 Å². The van der Waals surface area contributed by atoms with Gasteiger partial charge in [-0.1, -0.05) is 43.3 Å². The van der Waals surface area contributed by atoms with Crippen LogP contribution in [0.25, 0.3) is 0 Å². The normalized spacial score (nSPS) is 9.75. The number of nitrogens with one attached hydrogen (secondary N) is 1. The molecule has 3 heteroatoms. The molecule has 0 heterocycles. The van der Waals surface area contributed by atoms with Gasteiger partial charge in [-0.2, -0.15) is 0 Å². The Hall–Kier alpha value is -1.80. The summed E-state index contributed by atoms with van der Waals surface area (Å²) >= 11 is 0. The van der Waals surface area contributed by atoms with Crippen LogP contribution in [-0.4, -0.2) is 19.8 Å². The van der Waals surface area contributed by atoms with Gasteiger partial charge in [0.15, 0.2) is 0 Å². The average molecular weight is 289 g/mol. The summed E-state index contributed by atoms with van der Waals surface area (Å²) in [4.78, 5) is 2.06. The smallest absolute Gasteiger partial charge is 0.0684 e. The van der Waals surface area contributed by atoms with Crippen molar-refractivity contribution in [1.29, 1.82) is 5.41 Å². The number of hydrogen-bond donors (Lipinski definition) is 1. The second-order valence-corrected chi connectivity index (χ2v) is 4.87. The highest BCUT2D eigenvalue weighted by molar-refractivity contribution is 6.10.